The molecule has 20 heavy (non-hydrogen) atoms. The van der Waals surface area contributed by atoms with Crippen molar-refractivity contribution in [2.75, 3.05) is 6.54 Å². The second-order valence-electron chi connectivity index (χ2n) is 4.56. The molecule has 2 heterocycles. The Morgan fingerprint density at radius 2 is 1.90 bits per heavy atom. The van der Waals surface area contributed by atoms with E-state index in [1.165, 1.54) is 5.56 Å². The van der Waals surface area contributed by atoms with E-state index in [0.29, 0.717) is 0 Å². The van der Waals surface area contributed by atoms with E-state index in [4.69, 9.17) is 0 Å². The third-order valence-corrected chi connectivity index (χ3v) is 3.96. The van der Waals surface area contributed by atoms with Gasteiger partial charge in [0.2, 0.25) is 0 Å². The highest BCUT2D eigenvalue weighted by atomic mass is 79.9. The number of halogens is 1. The van der Waals surface area contributed by atoms with E-state index in [0.717, 1.165) is 35.5 Å². The van der Waals surface area contributed by atoms with Gasteiger partial charge in [0.15, 0.2) is 5.65 Å². The van der Waals surface area contributed by atoms with Crippen molar-refractivity contribution in [1.82, 2.24) is 19.9 Å². The minimum Gasteiger partial charge on any atom is -0.312 e. The van der Waals surface area contributed by atoms with Gasteiger partial charge in [-0.25, -0.2) is 0 Å². The number of aromatic nitrogens is 3. The average Bonchev–Trinajstić information content (AvgIpc) is 2.89. The van der Waals surface area contributed by atoms with E-state index in [1.54, 1.807) is 0 Å². The molecule has 0 unspecified atom stereocenters. The zero-order valence-corrected chi connectivity index (χ0v) is 12.5. The highest BCUT2D eigenvalue weighted by molar-refractivity contribution is 9.10. The van der Waals surface area contributed by atoms with Crippen molar-refractivity contribution in [2.45, 2.75) is 13.0 Å². The molecule has 3 aromatic rings. The first kappa shape index (κ1) is 13.3. The molecule has 1 N–H and O–H groups in total. The Bertz CT molecular complexity index is 708. The van der Waals surface area contributed by atoms with E-state index in [-0.39, 0.29) is 0 Å². The molecule has 0 fully saturated rings. The first-order chi connectivity index (χ1) is 9.84. The normalized spacial score (nSPS) is 11.1. The number of nitrogens with one attached hydrogen (secondary N) is 1. The van der Waals surface area contributed by atoms with Gasteiger partial charge in [-0.05, 0) is 23.8 Å². The fraction of sp³-hybridized carbons (Fsp3) is 0.200. The quantitative estimate of drug-likeness (QED) is 0.731. The molecule has 0 bridgehead atoms. The summed E-state index contributed by atoms with van der Waals surface area (Å²) < 4.78 is 3.17. The van der Waals surface area contributed by atoms with Crippen LogP contribution in [0.25, 0.3) is 5.65 Å². The Balaban J connectivity index is 1.57. The number of hydrogen-bond acceptors (Lipinski definition) is 3. The Labute approximate surface area is 126 Å². The van der Waals surface area contributed by atoms with Crippen LogP contribution in [0.2, 0.25) is 0 Å². The predicted molar refractivity (Wildman–Crippen MR) is 82.5 cm³/mol. The topological polar surface area (TPSA) is 42.2 Å². The number of nitrogens with zero attached hydrogens (tertiary/aromatic N) is 3. The van der Waals surface area contributed by atoms with Crippen LogP contribution < -0.4 is 5.32 Å². The van der Waals surface area contributed by atoms with Crippen LogP contribution in [0.15, 0.2) is 53.1 Å². The van der Waals surface area contributed by atoms with Gasteiger partial charge in [-0.2, -0.15) is 0 Å². The lowest BCUT2D eigenvalue weighted by Gasteiger charge is -2.06. The van der Waals surface area contributed by atoms with Crippen molar-refractivity contribution in [2.24, 2.45) is 0 Å². The Morgan fingerprint density at radius 1 is 1.05 bits per heavy atom. The van der Waals surface area contributed by atoms with Crippen molar-refractivity contribution in [3.8, 4) is 0 Å². The summed E-state index contributed by atoms with van der Waals surface area (Å²) in [6.45, 7) is 1.72. The largest absolute Gasteiger partial charge is 0.312 e. The summed E-state index contributed by atoms with van der Waals surface area (Å²) in [5.74, 6) is 0.986. The van der Waals surface area contributed by atoms with E-state index >= 15 is 0 Å². The van der Waals surface area contributed by atoms with Crippen LogP contribution in [0.5, 0.6) is 0 Å². The third kappa shape index (κ3) is 2.89. The summed E-state index contributed by atoms with van der Waals surface area (Å²) in [4.78, 5) is 0. The molecule has 0 amide bonds. The minimum atomic E-state index is 0.845. The Morgan fingerprint density at radius 3 is 2.80 bits per heavy atom. The predicted octanol–water partition coefficient (Wildman–Crippen LogP) is 2.82. The van der Waals surface area contributed by atoms with Crippen LogP contribution in [0, 0.1) is 0 Å². The van der Waals surface area contributed by atoms with E-state index < -0.39 is 0 Å². The van der Waals surface area contributed by atoms with Crippen molar-refractivity contribution in [1.29, 1.82) is 0 Å². The fourth-order valence-corrected chi connectivity index (χ4v) is 2.55. The molecule has 102 valence electrons. The van der Waals surface area contributed by atoms with Gasteiger partial charge in [-0.1, -0.05) is 40.2 Å². The molecule has 2 aromatic heterocycles. The average molecular weight is 331 g/mol. The lowest BCUT2D eigenvalue weighted by Crippen LogP contribution is -2.18. The summed E-state index contributed by atoms with van der Waals surface area (Å²) >= 11 is 3.55. The van der Waals surface area contributed by atoms with Gasteiger partial charge in [0, 0.05) is 30.2 Å². The maximum absolute atomic E-state index is 4.22. The van der Waals surface area contributed by atoms with Crippen molar-refractivity contribution < 1.29 is 0 Å². The molecular weight excluding hydrogens is 316 g/mol. The summed E-state index contributed by atoms with van der Waals surface area (Å²) in [7, 11) is 0. The van der Waals surface area contributed by atoms with Gasteiger partial charge >= 0.3 is 0 Å². The highest BCUT2D eigenvalue weighted by Crippen LogP contribution is 2.15. The molecule has 0 aliphatic carbocycles. The molecular formula is C15H15BrN4. The number of rotatable bonds is 5. The van der Waals surface area contributed by atoms with Crippen LogP contribution in [0.4, 0.5) is 0 Å². The fourth-order valence-electron chi connectivity index (χ4n) is 2.13. The molecule has 0 saturated carbocycles. The lowest BCUT2D eigenvalue weighted by atomic mass is 10.2. The first-order valence-corrected chi connectivity index (χ1v) is 7.36. The van der Waals surface area contributed by atoms with Gasteiger partial charge in [0.25, 0.3) is 0 Å². The van der Waals surface area contributed by atoms with Crippen molar-refractivity contribution in [3.05, 3.63) is 64.5 Å². The van der Waals surface area contributed by atoms with Crippen LogP contribution in [0.1, 0.15) is 11.4 Å². The molecule has 3 rings (SSSR count). The summed E-state index contributed by atoms with van der Waals surface area (Å²) in [6.07, 6.45) is 2.86. The minimum absolute atomic E-state index is 0.845. The van der Waals surface area contributed by atoms with Gasteiger partial charge < -0.3 is 5.32 Å². The van der Waals surface area contributed by atoms with Gasteiger partial charge in [0.1, 0.15) is 5.82 Å². The molecule has 1 aromatic carbocycles. The van der Waals surface area contributed by atoms with Crippen molar-refractivity contribution >= 4 is 21.6 Å². The smallest absolute Gasteiger partial charge is 0.160 e. The van der Waals surface area contributed by atoms with Crippen LogP contribution in [-0.2, 0) is 13.0 Å². The monoisotopic (exact) mass is 330 g/mol. The molecule has 0 saturated heterocycles. The highest BCUT2D eigenvalue weighted by Gasteiger charge is 2.04. The van der Waals surface area contributed by atoms with Crippen LogP contribution >= 0.6 is 15.9 Å². The van der Waals surface area contributed by atoms with E-state index in [2.05, 4.69) is 43.6 Å². The second-order valence-corrected chi connectivity index (χ2v) is 5.42. The maximum atomic E-state index is 4.22. The maximum Gasteiger partial charge on any atom is 0.160 e. The molecule has 0 spiro atoms. The SMILES string of the molecule is Brc1ccccc1CNCCc1nnc2ccccn12. The molecule has 5 heteroatoms. The number of benzene rings is 1. The lowest BCUT2D eigenvalue weighted by molar-refractivity contribution is 0.665. The summed E-state index contributed by atoms with van der Waals surface area (Å²) in [6, 6.07) is 14.2. The molecule has 0 radical (unpaired) electrons. The number of fused-ring (bicyclic) bond motifs is 1. The van der Waals surface area contributed by atoms with Gasteiger partial charge in [-0.3, -0.25) is 4.40 Å². The second kappa shape index (κ2) is 6.15. The number of pyridine rings is 1. The van der Waals surface area contributed by atoms with Gasteiger partial charge in [-0.15, -0.1) is 10.2 Å². The first-order valence-electron chi connectivity index (χ1n) is 6.57. The third-order valence-electron chi connectivity index (χ3n) is 3.18. The van der Waals surface area contributed by atoms with Crippen LogP contribution in [0.3, 0.4) is 0 Å². The molecule has 4 nitrogen and oxygen atoms in total. The van der Waals surface area contributed by atoms with Crippen molar-refractivity contribution in [3.63, 3.8) is 0 Å². The molecule has 0 aliphatic rings. The van der Waals surface area contributed by atoms with Gasteiger partial charge in [0.05, 0.1) is 0 Å². The Kier molecular flexibility index (Phi) is 4.08. The molecule has 0 atom stereocenters. The zero-order valence-electron chi connectivity index (χ0n) is 11.0. The summed E-state index contributed by atoms with van der Waals surface area (Å²) in [5, 5.41) is 11.8. The number of hydrogen-bond donors (Lipinski definition) is 1. The van der Waals surface area contributed by atoms with E-state index in [9.17, 15) is 0 Å². The summed E-state index contributed by atoms with van der Waals surface area (Å²) in [5.41, 5.74) is 2.16. The Hall–Kier alpha value is -1.72. The van der Waals surface area contributed by atoms with Crippen LogP contribution in [-0.4, -0.2) is 21.1 Å². The molecule has 0 aliphatic heterocycles. The standard InChI is InChI=1S/C15H15BrN4/c16-13-6-2-1-5-12(13)11-17-9-8-15-19-18-14-7-3-4-10-20(14)15/h1-7,10,17H,8-9,11H2. The zero-order chi connectivity index (χ0) is 13.8. The van der Waals surface area contributed by atoms with E-state index in [1.807, 2.05) is 40.9 Å².